The SMILES string of the molecule is O.O.O.O.O=[N+]([O-])[O-].[Th+4]. The van der Waals surface area contributed by atoms with Crippen LogP contribution in [0.5, 0.6) is 0 Å². The molecule has 0 aliphatic carbocycles. The van der Waals surface area contributed by atoms with Crippen molar-refractivity contribution in [3.63, 3.8) is 0 Å². The summed E-state index contributed by atoms with van der Waals surface area (Å²) >= 11 is 0. The number of rotatable bonds is 0. The minimum absolute atomic E-state index is 0. The molecule has 9 heteroatoms. The van der Waals surface area contributed by atoms with Crippen LogP contribution in [0.1, 0.15) is 0 Å². The van der Waals surface area contributed by atoms with Gasteiger partial charge in [0.2, 0.25) is 0 Å². The van der Waals surface area contributed by atoms with Gasteiger partial charge in [-0.2, -0.15) is 0 Å². The van der Waals surface area contributed by atoms with Crippen molar-refractivity contribution in [2.24, 2.45) is 0 Å². The van der Waals surface area contributed by atoms with Gasteiger partial charge >= 0.3 is 39.9 Å². The zero-order chi connectivity index (χ0) is 3.58. The molecule has 0 aromatic carbocycles. The molecule has 0 unspecified atom stereocenters. The summed E-state index contributed by atoms with van der Waals surface area (Å²) in [7, 11) is 0. The van der Waals surface area contributed by atoms with E-state index in [-0.39, 0.29) is 61.8 Å². The maximum Gasteiger partial charge on any atom is 4.00 e. The molecule has 0 atom stereocenters. The van der Waals surface area contributed by atoms with Crippen LogP contribution in [0.3, 0.4) is 0 Å². The zero-order valence-corrected chi connectivity index (χ0v) is 8.28. The molecule has 0 amide bonds. The van der Waals surface area contributed by atoms with Crippen molar-refractivity contribution in [3.8, 4) is 0 Å². The molecule has 0 spiro atoms. The quantitative estimate of drug-likeness (QED) is 0.317. The van der Waals surface area contributed by atoms with Crippen LogP contribution in [0.2, 0.25) is 0 Å². The van der Waals surface area contributed by atoms with Crippen LogP contribution < -0.4 is 0 Å². The van der Waals surface area contributed by atoms with Gasteiger partial charge in [0.15, 0.2) is 0 Å². The first kappa shape index (κ1) is 57.9. The molecule has 0 bridgehead atoms. The topological polar surface area (TPSA) is 192 Å². The van der Waals surface area contributed by atoms with Gasteiger partial charge in [0.05, 0.1) is 5.09 Å². The Morgan fingerprint density at radius 3 is 0.889 bits per heavy atom. The summed E-state index contributed by atoms with van der Waals surface area (Å²) in [5.74, 6) is 0. The van der Waals surface area contributed by atoms with Crippen molar-refractivity contribution in [2.75, 3.05) is 0 Å². The van der Waals surface area contributed by atoms with Crippen molar-refractivity contribution in [3.05, 3.63) is 15.3 Å². The molecule has 0 heterocycles. The van der Waals surface area contributed by atoms with E-state index in [2.05, 4.69) is 0 Å². The summed E-state index contributed by atoms with van der Waals surface area (Å²) in [4.78, 5) is 8.25. The fourth-order valence-corrected chi connectivity index (χ4v) is 0. The summed E-state index contributed by atoms with van der Waals surface area (Å²) < 4.78 is 0. The van der Waals surface area contributed by atoms with E-state index in [9.17, 15) is 0 Å². The maximum atomic E-state index is 8.25. The van der Waals surface area contributed by atoms with Gasteiger partial charge in [-0.3, -0.25) is 0 Å². The van der Waals surface area contributed by atoms with Crippen molar-refractivity contribution >= 4 is 0 Å². The van der Waals surface area contributed by atoms with Crippen LogP contribution in [-0.2, 0) is 0 Å². The monoisotopic (exact) mass is 366 g/mol. The third-order valence-electron chi connectivity index (χ3n) is 0. The van der Waals surface area contributed by atoms with Crippen molar-refractivity contribution < 1.29 is 66.9 Å². The molecule has 0 aliphatic heterocycles. The van der Waals surface area contributed by atoms with E-state index in [0.29, 0.717) is 0 Å². The Kier molecular flexibility index (Phi) is 258. The summed E-state index contributed by atoms with van der Waals surface area (Å²) in [5, 5.41) is 14.8. The Morgan fingerprint density at radius 1 is 0.889 bits per heavy atom. The second-order valence-corrected chi connectivity index (χ2v) is 0.224. The van der Waals surface area contributed by atoms with Gasteiger partial charge in [-0.05, 0) is 0 Å². The van der Waals surface area contributed by atoms with Gasteiger partial charge in [-0.25, -0.2) is 0 Å². The first-order chi connectivity index (χ1) is 1.73. The molecule has 0 aromatic heterocycles. The first-order valence-electron chi connectivity index (χ1n) is 0.548. The zero-order valence-electron chi connectivity index (χ0n) is 4.17. The second kappa shape index (κ2) is 40.1. The summed E-state index contributed by atoms with van der Waals surface area (Å²) in [6, 6.07) is 0. The van der Waals surface area contributed by atoms with Crippen LogP contribution >= 0.6 is 0 Å². The number of hydrogen-bond donors (Lipinski definition) is 0. The number of hydrogen-bond acceptors (Lipinski definition) is 3. The predicted octanol–water partition coefficient (Wildman–Crippen LogP) is -3.54. The smallest absolute Gasteiger partial charge is 0.412 e. The van der Waals surface area contributed by atoms with Gasteiger partial charge in [0.1, 0.15) is 0 Å². The number of nitrogens with zero attached hydrogens (tertiary/aromatic N) is 1. The van der Waals surface area contributed by atoms with Crippen LogP contribution in [0.25, 0.3) is 0 Å². The molecule has 8 N–H and O–H groups in total. The standard InChI is InChI=1S/NO3.4H2O.Th/c2-1(3)4;;;;;/h;4*1H2;/q-1;;;;;+4. The molecule has 0 radical (unpaired) electrons. The first-order valence-corrected chi connectivity index (χ1v) is 0.548. The van der Waals surface area contributed by atoms with Crippen LogP contribution in [0.15, 0.2) is 0 Å². The van der Waals surface area contributed by atoms with E-state index in [1.165, 1.54) is 0 Å². The minimum atomic E-state index is -1.75. The van der Waals surface area contributed by atoms with E-state index >= 15 is 0 Å². The second-order valence-electron chi connectivity index (χ2n) is 0.224. The molecular weight excluding hydrogens is 358 g/mol. The molecule has 0 aromatic rings. The summed E-state index contributed by atoms with van der Waals surface area (Å²) in [6.45, 7) is 0. The fraction of sp³-hybridized carbons (Fsp3) is 0. The molecule has 56 valence electrons. The molecular formula is H8NO7Th+3. The van der Waals surface area contributed by atoms with E-state index < -0.39 is 5.09 Å². The maximum absolute atomic E-state index is 8.25. The third-order valence-corrected chi connectivity index (χ3v) is 0. The molecule has 0 aliphatic rings. The minimum Gasteiger partial charge on any atom is -0.412 e. The Hall–Kier alpha value is 0.365. The van der Waals surface area contributed by atoms with Crippen molar-refractivity contribution in [2.45, 2.75) is 0 Å². The molecule has 0 saturated carbocycles. The van der Waals surface area contributed by atoms with Crippen molar-refractivity contribution in [1.82, 2.24) is 0 Å². The average molecular weight is 366 g/mol. The van der Waals surface area contributed by atoms with Gasteiger partial charge in [0, 0.05) is 0 Å². The third kappa shape index (κ3) is 2550. The van der Waals surface area contributed by atoms with Crippen LogP contribution in [0, 0.1) is 55.3 Å². The Morgan fingerprint density at radius 2 is 0.889 bits per heavy atom. The average Bonchev–Trinajstić information content (AvgIpc) is 0.811. The molecule has 0 rings (SSSR count). The van der Waals surface area contributed by atoms with E-state index in [1.807, 2.05) is 0 Å². The van der Waals surface area contributed by atoms with E-state index in [1.54, 1.807) is 0 Å². The summed E-state index contributed by atoms with van der Waals surface area (Å²) in [5.41, 5.74) is 0. The Bertz CT molecular complexity index is 31.9. The van der Waals surface area contributed by atoms with Gasteiger partial charge < -0.3 is 37.2 Å². The van der Waals surface area contributed by atoms with Crippen LogP contribution in [-0.4, -0.2) is 27.0 Å². The van der Waals surface area contributed by atoms with Crippen LogP contribution in [0.4, 0.5) is 0 Å². The van der Waals surface area contributed by atoms with E-state index in [0.717, 1.165) is 0 Å². The fourth-order valence-electron chi connectivity index (χ4n) is 0. The molecule has 8 nitrogen and oxygen atoms in total. The molecule has 0 fully saturated rings. The largest absolute Gasteiger partial charge is 4.00 e. The van der Waals surface area contributed by atoms with Gasteiger partial charge in [0.25, 0.3) is 0 Å². The van der Waals surface area contributed by atoms with E-state index in [4.69, 9.17) is 15.3 Å². The Labute approximate surface area is 81.9 Å². The van der Waals surface area contributed by atoms with Gasteiger partial charge in [-0.1, -0.05) is 0 Å². The van der Waals surface area contributed by atoms with Crippen molar-refractivity contribution in [1.29, 1.82) is 0 Å². The Balaban J connectivity index is -0.00000000450. The van der Waals surface area contributed by atoms with Gasteiger partial charge in [-0.15, -0.1) is 0 Å². The molecule has 0 saturated heterocycles. The normalized spacial score (nSPS) is 2.67. The predicted molar refractivity (Wildman–Crippen MR) is 24.8 cm³/mol. The molecule has 9 heavy (non-hydrogen) atoms. The summed E-state index contributed by atoms with van der Waals surface area (Å²) in [6.07, 6.45) is 0.